The quantitative estimate of drug-likeness (QED) is 0.606. The van der Waals surface area contributed by atoms with Crippen LogP contribution in [0, 0.1) is 0 Å². The standard InChI is InChI=1S/C10H18N2O5/c1-6-8(3-4-17-6)12(2)10(16)11-7(5-13)9(14)15/h6-8,13H,3-5H2,1-2H3,(H,11,16)(H,14,15)/t6?,7-,8?/m0/s1. The van der Waals surface area contributed by atoms with Gasteiger partial charge in [-0.3, -0.25) is 0 Å². The Hall–Kier alpha value is -1.34. The summed E-state index contributed by atoms with van der Waals surface area (Å²) in [7, 11) is 1.58. The SMILES string of the molecule is CC1OCCC1N(C)C(=O)N[C@@H](CO)C(=O)O. The van der Waals surface area contributed by atoms with E-state index in [9.17, 15) is 9.59 Å². The molecule has 3 atom stereocenters. The van der Waals surface area contributed by atoms with Crippen LogP contribution in [0.15, 0.2) is 0 Å². The van der Waals surface area contributed by atoms with E-state index in [1.165, 1.54) is 4.90 Å². The highest BCUT2D eigenvalue weighted by molar-refractivity contribution is 5.82. The van der Waals surface area contributed by atoms with Gasteiger partial charge in [-0.25, -0.2) is 9.59 Å². The zero-order valence-corrected chi connectivity index (χ0v) is 9.92. The van der Waals surface area contributed by atoms with Crippen molar-refractivity contribution in [2.75, 3.05) is 20.3 Å². The summed E-state index contributed by atoms with van der Waals surface area (Å²) in [5.41, 5.74) is 0. The van der Waals surface area contributed by atoms with E-state index in [0.29, 0.717) is 6.61 Å². The van der Waals surface area contributed by atoms with Gasteiger partial charge < -0.3 is 25.2 Å². The van der Waals surface area contributed by atoms with Crippen molar-refractivity contribution in [2.24, 2.45) is 0 Å². The van der Waals surface area contributed by atoms with Crippen molar-refractivity contribution < 1.29 is 24.5 Å². The molecule has 0 aromatic heterocycles. The molecule has 0 saturated carbocycles. The van der Waals surface area contributed by atoms with E-state index < -0.39 is 24.6 Å². The van der Waals surface area contributed by atoms with Gasteiger partial charge in [0, 0.05) is 13.7 Å². The van der Waals surface area contributed by atoms with E-state index in [0.717, 1.165) is 6.42 Å². The Morgan fingerprint density at radius 2 is 2.24 bits per heavy atom. The molecule has 1 saturated heterocycles. The Balaban J connectivity index is 2.54. The zero-order valence-electron chi connectivity index (χ0n) is 9.92. The lowest BCUT2D eigenvalue weighted by atomic mass is 10.1. The number of hydrogen-bond donors (Lipinski definition) is 3. The number of urea groups is 1. The number of carboxylic acid groups (broad SMARTS) is 1. The number of carbonyl (C=O) groups excluding carboxylic acids is 1. The maximum atomic E-state index is 11.7. The van der Waals surface area contributed by atoms with Gasteiger partial charge in [-0.15, -0.1) is 0 Å². The average molecular weight is 246 g/mol. The Morgan fingerprint density at radius 1 is 1.59 bits per heavy atom. The van der Waals surface area contributed by atoms with Gasteiger partial charge in [0.2, 0.25) is 0 Å². The van der Waals surface area contributed by atoms with Crippen molar-refractivity contribution in [1.29, 1.82) is 0 Å². The summed E-state index contributed by atoms with van der Waals surface area (Å²) in [5, 5.41) is 19.8. The number of aliphatic carboxylic acids is 1. The number of carbonyl (C=O) groups is 2. The van der Waals surface area contributed by atoms with Crippen LogP contribution in [-0.2, 0) is 9.53 Å². The lowest BCUT2D eigenvalue weighted by Crippen LogP contribution is -2.52. The van der Waals surface area contributed by atoms with Crippen LogP contribution in [0.1, 0.15) is 13.3 Å². The fraction of sp³-hybridized carbons (Fsp3) is 0.800. The zero-order chi connectivity index (χ0) is 13.0. The first-order valence-electron chi connectivity index (χ1n) is 5.46. The monoisotopic (exact) mass is 246 g/mol. The highest BCUT2D eigenvalue weighted by Crippen LogP contribution is 2.18. The molecule has 7 heteroatoms. The smallest absolute Gasteiger partial charge is 0.328 e. The maximum absolute atomic E-state index is 11.7. The number of carboxylic acids is 1. The van der Waals surface area contributed by atoms with Crippen molar-refractivity contribution in [2.45, 2.75) is 31.5 Å². The third-order valence-corrected chi connectivity index (χ3v) is 2.93. The molecule has 7 nitrogen and oxygen atoms in total. The van der Waals surface area contributed by atoms with Gasteiger partial charge in [-0.1, -0.05) is 0 Å². The van der Waals surface area contributed by atoms with Crippen LogP contribution < -0.4 is 5.32 Å². The molecule has 2 amide bonds. The number of nitrogens with one attached hydrogen (secondary N) is 1. The molecule has 0 aromatic carbocycles. The number of rotatable bonds is 4. The normalized spacial score (nSPS) is 25.4. The van der Waals surface area contributed by atoms with E-state index in [4.69, 9.17) is 14.9 Å². The molecule has 0 bridgehead atoms. The Labute approximate surface area is 99.4 Å². The van der Waals surface area contributed by atoms with Gasteiger partial charge in [-0.05, 0) is 13.3 Å². The summed E-state index contributed by atoms with van der Waals surface area (Å²) in [6, 6.07) is -1.86. The van der Waals surface area contributed by atoms with E-state index in [-0.39, 0.29) is 12.1 Å². The van der Waals surface area contributed by atoms with E-state index >= 15 is 0 Å². The second kappa shape index (κ2) is 5.83. The highest BCUT2D eigenvalue weighted by atomic mass is 16.5. The van der Waals surface area contributed by atoms with Crippen LogP contribution in [0.4, 0.5) is 4.79 Å². The molecule has 0 spiro atoms. The number of likely N-dealkylation sites (N-methyl/N-ethyl adjacent to an activating group) is 1. The largest absolute Gasteiger partial charge is 0.480 e. The summed E-state index contributed by atoms with van der Waals surface area (Å²) < 4.78 is 5.33. The summed E-state index contributed by atoms with van der Waals surface area (Å²) in [6.45, 7) is 1.82. The van der Waals surface area contributed by atoms with Gasteiger partial charge in [0.25, 0.3) is 0 Å². The van der Waals surface area contributed by atoms with Crippen LogP contribution in [-0.4, -0.2) is 65.6 Å². The fourth-order valence-electron chi connectivity index (χ4n) is 1.82. The van der Waals surface area contributed by atoms with E-state index in [1.54, 1.807) is 7.05 Å². The lowest BCUT2D eigenvalue weighted by Gasteiger charge is -2.27. The molecular weight excluding hydrogens is 228 g/mol. The van der Waals surface area contributed by atoms with Crippen molar-refractivity contribution >= 4 is 12.0 Å². The molecule has 1 aliphatic rings. The van der Waals surface area contributed by atoms with Crippen LogP contribution in [0.2, 0.25) is 0 Å². The summed E-state index contributed by atoms with van der Waals surface area (Å²) in [5.74, 6) is -1.26. The van der Waals surface area contributed by atoms with Crippen molar-refractivity contribution in [3.63, 3.8) is 0 Å². The summed E-state index contributed by atoms with van der Waals surface area (Å²) in [4.78, 5) is 23.8. The van der Waals surface area contributed by atoms with Gasteiger partial charge in [-0.2, -0.15) is 0 Å². The molecule has 0 aromatic rings. The lowest BCUT2D eigenvalue weighted by molar-refractivity contribution is -0.140. The first kappa shape index (κ1) is 13.7. The molecule has 3 N–H and O–H groups in total. The Morgan fingerprint density at radius 3 is 2.65 bits per heavy atom. The third-order valence-electron chi connectivity index (χ3n) is 2.93. The van der Waals surface area contributed by atoms with Crippen LogP contribution in [0.25, 0.3) is 0 Å². The highest BCUT2D eigenvalue weighted by Gasteiger charge is 2.32. The molecule has 98 valence electrons. The van der Waals surface area contributed by atoms with Crippen LogP contribution >= 0.6 is 0 Å². The minimum absolute atomic E-state index is 0.0665. The van der Waals surface area contributed by atoms with Crippen LogP contribution in [0.3, 0.4) is 0 Å². The van der Waals surface area contributed by atoms with Crippen molar-refractivity contribution in [1.82, 2.24) is 10.2 Å². The molecule has 0 aliphatic carbocycles. The first-order valence-corrected chi connectivity index (χ1v) is 5.46. The average Bonchev–Trinajstić information content (AvgIpc) is 2.70. The van der Waals surface area contributed by atoms with E-state index in [1.807, 2.05) is 6.92 Å². The third kappa shape index (κ3) is 3.31. The number of ether oxygens (including phenoxy) is 1. The topological polar surface area (TPSA) is 99.1 Å². The summed E-state index contributed by atoms with van der Waals surface area (Å²) in [6.07, 6.45) is 0.658. The second-order valence-corrected chi connectivity index (χ2v) is 4.07. The van der Waals surface area contributed by atoms with E-state index in [2.05, 4.69) is 5.32 Å². The fourth-order valence-corrected chi connectivity index (χ4v) is 1.82. The van der Waals surface area contributed by atoms with Gasteiger partial charge in [0.15, 0.2) is 6.04 Å². The Bertz CT molecular complexity index is 296. The van der Waals surface area contributed by atoms with Crippen molar-refractivity contribution in [3.8, 4) is 0 Å². The number of aliphatic hydroxyl groups is 1. The molecule has 1 rings (SSSR count). The molecule has 0 radical (unpaired) electrons. The Kier molecular flexibility index (Phi) is 4.71. The number of aliphatic hydroxyl groups excluding tert-OH is 1. The molecule has 1 heterocycles. The maximum Gasteiger partial charge on any atom is 0.328 e. The minimum Gasteiger partial charge on any atom is -0.480 e. The molecule has 1 fully saturated rings. The predicted molar refractivity (Wildman–Crippen MR) is 58.6 cm³/mol. The van der Waals surface area contributed by atoms with Crippen molar-refractivity contribution in [3.05, 3.63) is 0 Å². The first-order chi connectivity index (χ1) is 7.97. The molecule has 17 heavy (non-hydrogen) atoms. The number of nitrogens with zero attached hydrogens (tertiary/aromatic N) is 1. The second-order valence-electron chi connectivity index (χ2n) is 4.07. The molecular formula is C10H18N2O5. The predicted octanol–water partition coefficient (Wildman–Crippen LogP) is -0.749. The number of hydrogen-bond acceptors (Lipinski definition) is 4. The van der Waals surface area contributed by atoms with Gasteiger partial charge >= 0.3 is 12.0 Å². The van der Waals surface area contributed by atoms with Gasteiger partial charge in [0.05, 0.1) is 18.8 Å². The number of amides is 2. The molecule has 1 aliphatic heterocycles. The minimum atomic E-state index is -1.28. The van der Waals surface area contributed by atoms with Gasteiger partial charge in [0.1, 0.15) is 0 Å². The van der Waals surface area contributed by atoms with Crippen LogP contribution in [0.5, 0.6) is 0 Å². The summed E-state index contributed by atoms with van der Waals surface area (Å²) >= 11 is 0. The molecule has 2 unspecified atom stereocenters.